The molecule has 0 aliphatic rings. The van der Waals surface area contributed by atoms with Gasteiger partial charge in [0, 0.05) is 37.1 Å². The summed E-state index contributed by atoms with van der Waals surface area (Å²) < 4.78 is 47.5. The summed E-state index contributed by atoms with van der Waals surface area (Å²) in [4.78, 5) is 47.7. The van der Waals surface area contributed by atoms with Crippen LogP contribution < -0.4 is 15.5 Å². The number of benzene rings is 2. The Morgan fingerprint density at radius 2 is 1.61 bits per heavy atom. The van der Waals surface area contributed by atoms with Gasteiger partial charge >= 0.3 is 12.3 Å². The summed E-state index contributed by atoms with van der Waals surface area (Å²) in [6.07, 6.45) is -1.26. The molecule has 0 atom stereocenters. The molecule has 1 aromatic heterocycles. The van der Waals surface area contributed by atoms with Gasteiger partial charge in [0.15, 0.2) is 5.78 Å². The summed E-state index contributed by atoms with van der Waals surface area (Å²) in [6.45, 7) is 7.03. The highest BCUT2D eigenvalue weighted by molar-refractivity contribution is 6.12. The van der Waals surface area contributed by atoms with E-state index >= 15 is 0 Å². The molecule has 0 bridgehead atoms. The number of anilines is 3. The van der Waals surface area contributed by atoms with Crippen LogP contribution in [-0.2, 0) is 15.7 Å². The van der Waals surface area contributed by atoms with E-state index in [0.29, 0.717) is 24.1 Å². The lowest BCUT2D eigenvalue weighted by Gasteiger charge is -2.26. The monoisotopic (exact) mass is 571 g/mol. The lowest BCUT2D eigenvalue weighted by atomic mass is 10.0. The lowest BCUT2D eigenvalue weighted by Crippen LogP contribution is -2.28. The summed E-state index contributed by atoms with van der Waals surface area (Å²) in [5.74, 6) is -1.42. The van der Waals surface area contributed by atoms with Crippen LogP contribution in [0.25, 0.3) is 11.1 Å². The Kier molecular flexibility index (Phi) is 9.69. The number of aromatic nitrogens is 2. The van der Waals surface area contributed by atoms with Crippen molar-refractivity contribution in [3.63, 3.8) is 0 Å². The van der Waals surface area contributed by atoms with E-state index in [1.54, 1.807) is 51.4 Å². The van der Waals surface area contributed by atoms with Crippen molar-refractivity contribution in [3.8, 4) is 11.1 Å². The van der Waals surface area contributed by atoms with E-state index in [4.69, 9.17) is 4.74 Å². The normalized spacial score (nSPS) is 11.5. The third kappa shape index (κ3) is 8.75. The number of ether oxygens (including phenoxy) is 1. The maximum Gasteiger partial charge on any atom is 0.418 e. The van der Waals surface area contributed by atoms with Gasteiger partial charge in [-0.05, 0) is 51.0 Å². The van der Waals surface area contributed by atoms with Gasteiger partial charge in [0.25, 0.3) is 0 Å². The summed E-state index contributed by atoms with van der Waals surface area (Å²) in [5, 5.41) is 4.80. The number of Topliss-reactive ketones (excluding diaryl/α,β-unsaturated/α-hetero) is 1. The molecule has 0 radical (unpaired) electrons. The van der Waals surface area contributed by atoms with E-state index in [9.17, 15) is 27.6 Å². The molecule has 3 aromatic rings. The number of nitrogens with one attached hydrogen (secondary N) is 2. The van der Waals surface area contributed by atoms with Crippen molar-refractivity contribution < 1.29 is 32.3 Å². The average molecular weight is 572 g/mol. The predicted molar refractivity (Wildman–Crippen MR) is 150 cm³/mol. The van der Waals surface area contributed by atoms with Gasteiger partial charge in [-0.3, -0.25) is 14.9 Å². The number of rotatable bonds is 9. The number of hydrogen-bond acceptors (Lipinski definition) is 7. The lowest BCUT2D eigenvalue weighted by molar-refractivity contribution is -0.137. The van der Waals surface area contributed by atoms with Gasteiger partial charge in [-0.25, -0.2) is 14.8 Å². The van der Waals surface area contributed by atoms with Crippen molar-refractivity contribution in [2.24, 2.45) is 0 Å². The molecular formula is C29H32F3N5O4. The van der Waals surface area contributed by atoms with Crippen LogP contribution in [0.15, 0.2) is 55.1 Å². The fourth-order valence-corrected chi connectivity index (χ4v) is 3.97. The van der Waals surface area contributed by atoms with Crippen LogP contribution in [0.5, 0.6) is 0 Å². The van der Waals surface area contributed by atoms with E-state index in [0.717, 1.165) is 12.1 Å². The summed E-state index contributed by atoms with van der Waals surface area (Å²) in [7, 11) is 1.50. The van der Waals surface area contributed by atoms with Crippen molar-refractivity contribution in [1.29, 1.82) is 0 Å². The van der Waals surface area contributed by atoms with E-state index in [1.807, 2.05) is 6.92 Å². The Labute approximate surface area is 236 Å². The molecule has 0 spiro atoms. The van der Waals surface area contributed by atoms with Gasteiger partial charge in [-0.2, -0.15) is 13.2 Å². The maximum absolute atomic E-state index is 14.1. The molecule has 0 unspecified atom stereocenters. The highest BCUT2D eigenvalue weighted by atomic mass is 19.4. The number of alkyl halides is 3. The minimum absolute atomic E-state index is 0.114. The van der Waals surface area contributed by atoms with Crippen molar-refractivity contribution in [2.45, 2.75) is 52.3 Å². The standard InChI is InChI=1S/C29H32F3N5O4/c1-6-10-37(5)24-13-23(36-27(40)41-28(2,3)4)22(12-21(24)29(30,31)32)35-26(39)14-25(38)19-9-7-8-18(11-19)20-15-33-17-34-16-20/h7-9,11-13,15-17H,6,10,14H2,1-5H3,(H,35,39)(H,36,40). The van der Waals surface area contributed by atoms with Gasteiger partial charge in [-0.15, -0.1) is 0 Å². The molecule has 9 nitrogen and oxygen atoms in total. The molecule has 0 fully saturated rings. The molecule has 0 aliphatic carbocycles. The highest BCUT2D eigenvalue weighted by Gasteiger charge is 2.36. The zero-order chi connectivity index (χ0) is 30.4. The molecule has 0 aliphatic heterocycles. The number of carbonyl (C=O) groups excluding carboxylic acids is 3. The largest absolute Gasteiger partial charge is 0.444 e. The molecule has 2 N–H and O–H groups in total. The first-order valence-corrected chi connectivity index (χ1v) is 12.8. The fraction of sp³-hybridized carbons (Fsp3) is 0.345. The van der Waals surface area contributed by atoms with Crippen LogP contribution in [0, 0.1) is 0 Å². The Balaban J connectivity index is 1.92. The third-order valence-electron chi connectivity index (χ3n) is 5.72. The van der Waals surface area contributed by atoms with Crippen molar-refractivity contribution >= 4 is 34.8 Å². The molecule has 0 saturated carbocycles. The third-order valence-corrected chi connectivity index (χ3v) is 5.72. The van der Waals surface area contributed by atoms with E-state index in [1.165, 1.54) is 24.3 Å². The summed E-state index contributed by atoms with van der Waals surface area (Å²) >= 11 is 0. The van der Waals surface area contributed by atoms with Crippen LogP contribution in [0.2, 0.25) is 0 Å². The van der Waals surface area contributed by atoms with Crippen LogP contribution in [0.1, 0.15) is 56.5 Å². The van der Waals surface area contributed by atoms with E-state index < -0.39 is 41.5 Å². The SMILES string of the molecule is CCCN(C)c1cc(NC(=O)OC(C)(C)C)c(NC(=O)CC(=O)c2cccc(-c3cncnc3)c2)cc1C(F)(F)F. The first-order valence-electron chi connectivity index (χ1n) is 12.8. The number of halogens is 3. The second kappa shape index (κ2) is 12.8. The topological polar surface area (TPSA) is 114 Å². The number of carbonyl (C=O) groups is 3. The molecular weight excluding hydrogens is 539 g/mol. The van der Waals surface area contributed by atoms with E-state index in [2.05, 4.69) is 20.6 Å². The quantitative estimate of drug-likeness (QED) is 0.221. The maximum atomic E-state index is 14.1. The van der Waals surface area contributed by atoms with Crippen LogP contribution in [-0.4, -0.2) is 46.9 Å². The summed E-state index contributed by atoms with van der Waals surface area (Å²) in [5.41, 5.74) is -0.986. The number of hydrogen-bond donors (Lipinski definition) is 2. The Hall–Kier alpha value is -4.48. The highest BCUT2D eigenvalue weighted by Crippen LogP contribution is 2.41. The fourth-order valence-electron chi connectivity index (χ4n) is 3.97. The van der Waals surface area contributed by atoms with Gasteiger partial charge in [-0.1, -0.05) is 25.1 Å². The second-order valence-corrected chi connectivity index (χ2v) is 10.3. The van der Waals surface area contributed by atoms with Crippen molar-refractivity contribution in [2.75, 3.05) is 29.1 Å². The van der Waals surface area contributed by atoms with Gasteiger partial charge in [0.2, 0.25) is 5.91 Å². The summed E-state index contributed by atoms with van der Waals surface area (Å²) in [6, 6.07) is 8.36. The second-order valence-electron chi connectivity index (χ2n) is 10.3. The minimum Gasteiger partial charge on any atom is -0.444 e. The van der Waals surface area contributed by atoms with E-state index in [-0.39, 0.29) is 22.6 Å². The molecule has 218 valence electrons. The van der Waals surface area contributed by atoms with Gasteiger partial charge in [0.05, 0.1) is 29.0 Å². The smallest absolute Gasteiger partial charge is 0.418 e. The average Bonchev–Trinajstić information content (AvgIpc) is 2.88. The van der Waals surface area contributed by atoms with Crippen LogP contribution >= 0.6 is 0 Å². The van der Waals surface area contributed by atoms with Crippen molar-refractivity contribution in [1.82, 2.24) is 9.97 Å². The zero-order valence-corrected chi connectivity index (χ0v) is 23.4. The molecule has 12 heteroatoms. The Bertz CT molecular complexity index is 1410. The van der Waals surface area contributed by atoms with Crippen LogP contribution in [0.3, 0.4) is 0 Å². The molecule has 2 aromatic carbocycles. The predicted octanol–water partition coefficient (Wildman–Crippen LogP) is 6.57. The van der Waals surface area contributed by atoms with Gasteiger partial charge in [0.1, 0.15) is 11.9 Å². The number of ketones is 1. The molecule has 0 saturated heterocycles. The minimum atomic E-state index is -4.77. The molecule has 2 amide bonds. The molecule has 41 heavy (non-hydrogen) atoms. The number of amides is 2. The van der Waals surface area contributed by atoms with Crippen molar-refractivity contribution in [3.05, 3.63) is 66.2 Å². The first kappa shape index (κ1) is 31.1. The Morgan fingerprint density at radius 3 is 2.22 bits per heavy atom. The van der Waals surface area contributed by atoms with Crippen LogP contribution in [0.4, 0.5) is 35.0 Å². The molecule has 3 rings (SSSR count). The molecule has 1 heterocycles. The number of nitrogens with zero attached hydrogens (tertiary/aromatic N) is 3. The first-order chi connectivity index (χ1) is 19.2. The zero-order valence-electron chi connectivity index (χ0n) is 23.4. The Morgan fingerprint density at radius 1 is 0.951 bits per heavy atom. The van der Waals surface area contributed by atoms with Gasteiger partial charge < -0.3 is 15.0 Å².